The van der Waals surface area contributed by atoms with Gasteiger partial charge in [-0.3, -0.25) is 14.9 Å². The number of carbonyl (C=O) groups excluding carboxylic acids is 1. The average molecular weight is 343 g/mol. The van der Waals surface area contributed by atoms with Crippen LogP contribution in [0.3, 0.4) is 0 Å². The molecule has 0 atom stereocenters. The maximum Gasteiger partial charge on any atom is 0.271 e. The van der Waals surface area contributed by atoms with Crippen LogP contribution in [0.15, 0.2) is 36.5 Å². The molecule has 0 radical (unpaired) electrons. The molecule has 1 fully saturated rings. The third-order valence-electron chi connectivity index (χ3n) is 4.31. The van der Waals surface area contributed by atoms with Crippen LogP contribution in [0.25, 0.3) is 5.69 Å². The van der Waals surface area contributed by atoms with E-state index < -0.39 is 4.92 Å². The normalized spacial score (nSPS) is 15.0. The number of rotatable bonds is 6. The van der Waals surface area contributed by atoms with Crippen molar-refractivity contribution in [2.75, 3.05) is 26.2 Å². The van der Waals surface area contributed by atoms with Crippen molar-refractivity contribution in [1.29, 1.82) is 0 Å². The summed E-state index contributed by atoms with van der Waals surface area (Å²) in [7, 11) is 0. The van der Waals surface area contributed by atoms with Gasteiger partial charge in [-0.05, 0) is 44.1 Å². The summed E-state index contributed by atoms with van der Waals surface area (Å²) in [6.07, 6.45) is 5.42. The van der Waals surface area contributed by atoms with Gasteiger partial charge in [-0.2, -0.15) is 5.10 Å². The second-order valence-electron chi connectivity index (χ2n) is 6.08. The first-order chi connectivity index (χ1) is 12.1. The summed E-state index contributed by atoms with van der Waals surface area (Å²) in [5, 5.41) is 17.8. The van der Waals surface area contributed by atoms with Gasteiger partial charge in [0, 0.05) is 31.4 Å². The van der Waals surface area contributed by atoms with Crippen molar-refractivity contribution in [1.82, 2.24) is 20.0 Å². The highest BCUT2D eigenvalue weighted by Crippen LogP contribution is 2.15. The summed E-state index contributed by atoms with van der Waals surface area (Å²) in [6.45, 7) is 3.66. The highest BCUT2D eigenvalue weighted by molar-refractivity contribution is 5.92. The van der Waals surface area contributed by atoms with Crippen LogP contribution in [0.1, 0.15) is 29.8 Å². The van der Waals surface area contributed by atoms with Gasteiger partial charge in [-0.25, -0.2) is 4.68 Å². The summed E-state index contributed by atoms with van der Waals surface area (Å²) >= 11 is 0. The smallest absolute Gasteiger partial charge is 0.271 e. The van der Waals surface area contributed by atoms with E-state index in [0.29, 0.717) is 17.9 Å². The Morgan fingerprint density at radius 1 is 1.16 bits per heavy atom. The number of benzene rings is 1. The van der Waals surface area contributed by atoms with Crippen molar-refractivity contribution in [3.8, 4) is 5.69 Å². The number of piperidine rings is 1. The van der Waals surface area contributed by atoms with E-state index >= 15 is 0 Å². The minimum Gasteiger partial charge on any atom is -0.349 e. The highest BCUT2D eigenvalue weighted by atomic mass is 16.6. The number of carbonyl (C=O) groups is 1. The molecule has 1 aromatic carbocycles. The standard InChI is InChI=1S/C17H21N5O3/c23-17(18-9-13-20-10-2-1-3-11-20)16-8-12-21(19-16)14-4-6-15(7-5-14)22(24)25/h4-8,12H,1-3,9-11,13H2,(H,18,23). The van der Waals surface area contributed by atoms with Gasteiger partial charge in [0.25, 0.3) is 11.6 Å². The number of aromatic nitrogens is 2. The highest BCUT2D eigenvalue weighted by Gasteiger charge is 2.13. The van der Waals surface area contributed by atoms with Crippen molar-refractivity contribution in [3.05, 3.63) is 52.3 Å². The predicted molar refractivity (Wildman–Crippen MR) is 92.8 cm³/mol. The Hall–Kier alpha value is -2.74. The number of nitro benzene ring substituents is 1. The second kappa shape index (κ2) is 7.89. The van der Waals surface area contributed by atoms with E-state index in [1.54, 1.807) is 24.4 Å². The van der Waals surface area contributed by atoms with Gasteiger partial charge in [-0.1, -0.05) is 6.42 Å². The molecule has 8 nitrogen and oxygen atoms in total. The number of nitrogens with zero attached hydrogens (tertiary/aromatic N) is 4. The molecule has 0 unspecified atom stereocenters. The number of non-ortho nitro benzene ring substituents is 1. The molecule has 3 rings (SSSR count). The number of hydrogen-bond acceptors (Lipinski definition) is 5. The Morgan fingerprint density at radius 3 is 2.56 bits per heavy atom. The molecule has 1 aliphatic heterocycles. The lowest BCUT2D eigenvalue weighted by Crippen LogP contribution is -2.37. The molecule has 8 heteroatoms. The van der Waals surface area contributed by atoms with Gasteiger partial charge < -0.3 is 10.2 Å². The molecule has 132 valence electrons. The minimum absolute atomic E-state index is 0.0200. The fraction of sp³-hybridized carbons (Fsp3) is 0.412. The van der Waals surface area contributed by atoms with Gasteiger partial charge in [0.2, 0.25) is 0 Å². The maximum absolute atomic E-state index is 12.2. The molecule has 1 N–H and O–H groups in total. The second-order valence-corrected chi connectivity index (χ2v) is 6.08. The van der Waals surface area contributed by atoms with E-state index in [-0.39, 0.29) is 11.6 Å². The first-order valence-corrected chi connectivity index (χ1v) is 8.44. The Kier molecular flexibility index (Phi) is 5.39. The molecule has 0 spiro atoms. The maximum atomic E-state index is 12.2. The molecular weight excluding hydrogens is 322 g/mol. The molecule has 1 saturated heterocycles. The van der Waals surface area contributed by atoms with Crippen LogP contribution in [0, 0.1) is 10.1 Å². The first-order valence-electron chi connectivity index (χ1n) is 8.44. The summed E-state index contributed by atoms with van der Waals surface area (Å²) < 4.78 is 1.53. The van der Waals surface area contributed by atoms with Gasteiger partial charge in [0.15, 0.2) is 5.69 Å². The molecule has 0 saturated carbocycles. The molecule has 2 heterocycles. The van der Waals surface area contributed by atoms with Crippen molar-refractivity contribution in [2.24, 2.45) is 0 Å². The number of hydrogen-bond donors (Lipinski definition) is 1. The molecular formula is C17H21N5O3. The van der Waals surface area contributed by atoms with Crippen molar-refractivity contribution >= 4 is 11.6 Å². The fourth-order valence-electron chi connectivity index (χ4n) is 2.92. The summed E-state index contributed by atoms with van der Waals surface area (Å²) in [5.41, 5.74) is 1.02. The summed E-state index contributed by atoms with van der Waals surface area (Å²) in [5.74, 6) is -0.210. The third-order valence-corrected chi connectivity index (χ3v) is 4.31. The van der Waals surface area contributed by atoms with Crippen LogP contribution in [-0.4, -0.2) is 51.7 Å². The van der Waals surface area contributed by atoms with Gasteiger partial charge >= 0.3 is 0 Å². The van der Waals surface area contributed by atoms with Crippen LogP contribution in [0.2, 0.25) is 0 Å². The Bertz CT molecular complexity index is 735. The van der Waals surface area contributed by atoms with E-state index in [0.717, 1.165) is 19.6 Å². The van der Waals surface area contributed by atoms with Crippen LogP contribution in [-0.2, 0) is 0 Å². The molecule has 1 aliphatic rings. The van der Waals surface area contributed by atoms with Gasteiger partial charge in [-0.15, -0.1) is 0 Å². The number of nitro groups is 1. The zero-order chi connectivity index (χ0) is 17.6. The van der Waals surface area contributed by atoms with Crippen LogP contribution in [0.4, 0.5) is 5.69 Å². The van der Waals surface area contributed by atoms with Crippen LogP contribution >= 0.6 is 0 Å². The van der Waals surface area contributed by atoms with Crippen LogP contribution in [0.5, 0.6) is 0 Å². The zero-order valence-electron chi connectivity index (χ0n) is 13.9. The lowest BCUT2D eigenvalue weighted by Gasteiger charge is -2.26. The lowest BCUT2D eigenvalue weighted by molar-refractivity contribution is -0.384. The number of likely N-dealkylation sites (tertiary alicyclic amines) is 1. The first kappa shape index (κ1) is 17.1. The van der Waals surface area contributed by atoms with E-state index in [4.69, 9.17) is 0 Å². The SMILES string of the molecule is O=C(NCCN1CCCCC1)c1ccn(-c2ccc([N+](=O)[O-])cc2)n1. The molecule has 25 heavy (non-hydrogen) atoms. The van der Waals surface area contributed by atoms with E-state index in [1.807, 2.05) is 0 Å². The molecule has 2 aromatic rings. The lowest BCUT2D eigenvalue weighted by atomic mass is 10.1. The Morgan fingerprint density at radius 2 is 1.88 bits per heavy atom. The third kappa shape index (κ3) is 4.42. The van der Waals surface area contributed by atoms with E-state index in [2.05, 4.69) is 15.3 Å². The predicted octanol–water partition coefficient (Wildman–Crippen LogP) is 2.00. The van der Waals surface area contributed by atoms with Gasteiger partial charge in [0.05, 0.1) is 10.6 Å². The largest absolute Gasteiger partial charge is 0.349 e. The minimum atomic E-state index is -0.450. The fourth-order valence-corrected chi connectivity index (χ4v) is 2.92. The molecule has 1 amide bonds. The summed E-state index contributed by atoms with van der Waals surface area (Å²) in [4.78, 5) is 24.8. The van der Waals surface area contributed by atoms with Crippen molar-refractivity contribution in [3.63, 3.8) is 0 Å². The molecule has 0 aliphatic carbocycles. The average Bonchev–Trinajstić information content (AvgIpc) is 3.13. The topological polar surface area (TPSA) is 93.3 Å². The van der Waals surface area contributed by atoms with Gasteiger partial charge in [0.1, 0.15) is 0 Å². The number of amides is 1. The van der Waals surface area contributed by atoms with E-state index in [9.17, 15) is 14.9 Å². The molecule has 0 bridgehead atoms. The quantitative estimate of drug-likeness (QED) is 0.639. The monoisotopic (exact) mass is 343 g/mol. The van der Waals surface area contributed by atoms with Crippen molar-refractivity contribution in [2.45, 2.75) is 19.3 Å². The van der Waals surface area contributed by atoms with E-state index in [1.165, 1.54) is 36.1 Å². The van der Waals surface area contributed by atoms with Crippen molar-refractivity contribution < 1.29 is 9.72 Å². The zero-order valence-corrected chi connectivity index (χ0v) is 13.9. The summed E-state index contributed by atoms with van der Waals surface area (Å²) in [6, 6.07) is 7.66. The van der Waals surface area contributed by atoms with Crippen LogP contribution < -0.4 is 5.32 Å². The Balaban J connectivity index is 1.54. The number of nitrogens with one attached hydrogen (secondary N) is 1. The molecule has 1 aromatic heterocycles. The Labute approximate surface area is 145 Å².